The van der Waals surface area contributed by atoms with E-state index in [0.29, 0.717) is 11.3 Å². The van der Waals surface area contributed by atoms with Gasteiger partial charge in [-0.2, -0.15) is 0 Å². The van der Waals surface area contributed by atoms with Crippen LogP contribution in [0.3, 0.4) is 0 Å². The number of anilines is 1. The van der Waals surface area contributed by atoms with Crippen LogP contribution in [0.15, 0.2) is 12.1 Å². The minimum absolute atomic E-state index is 0.304. The number of halogens is 1. The molecule has 0 saturated heterocycles. The summed E-state index contributed by atoms with van der Waals surface area (Å²) in [6, 6.07) is 2.91. The highest BCUT2D eigenvalue weighted by Gasteiger charge is 2.15. The molecule has 20 heavy (non-hydrogen) atoms. The quantitative estimate of drug-likeness (QED) is 0.893. The number of nitrogens with zero attached hydrogens (tertiary/aromatic N) is 1. The van der Waals surface area contributed by atoms with Crippen molar-refractivity contribution in [1.29, 1.82) is 0 Å². The molecule has 0 fully saturated rings. The topological polar surface area (TPSA) is 34.2 Å². The summed E-state index contributed by atoms with van der Waals surface area (Å²) in [7, 11) is 1.54. The zero-order chi connectivity index (χ0) is 14.7. The van der Waals surface area contributed by atoms with E-state index in [0.717, 1.165) is 41.7 Å². The molecule has 4 heteroatoms. The zero-order valence-corrected chi connectivity index (χ0v) is 12.5. The van der Waals surface area contributed by atoms with Gasteiger partial charge >= 0.3 is 0 Å². The lowest BCUT2D eigenvalue weighted by Crippen LogP contribution is -2.07. The van der Waals surface area contributed by atoms with Crippen LogP contribution in [-0.4, -0.2) is 18.6 Å². The van der Waals surface area contributed by atoms with Gasteiger partial charge < -0.3 is 10.1 Å². The molecule has 1 N–H and O–H groups in total. The fourth-order valence-electron chi connectivity index (χ4n) is 2.50. The number of nitrogens with one attached hydrogen (secondary N) is 1. The summed E-state index contributed by atoms with van der Waals surface area (Å²) in [5, 5.41) is 4.20. The normalized spacial score (nSPS) is 10.8. The second kappa shape index (κ2) is 6.07. The second-order valence-corrected chi connectivity index (χ2v) is 4.84. The molecule has 0 bridgehead atoms. The average molecular weight is 276 g/mol. The van der Waals surface area contributed by atoms with Crippen molar-refractivity contribution in [3.05, 3.63) is 29.2 Å². The largest absolute Gasteiger partial charge is 0.494 e. The Balaban J connectivity index is 2.78. The smallest absolute Gasteiger partial charge is 0.148 e. The molecule has 1 aromatic carbocycles. The van der Waals surface area contributed by atoms with Crippen LogP contribution in [0.1, 0.15) is 31.5 Å². The predicted molar refractivity (Wildman–Crippen MR) is 81.1 cm³/mol. The van der Waals surface area contributed by atoms with E-state index < -0.39 is 0 Å². The Bertz CT molecular complexity index is 626. The molecule has 0 radical (unpaired) electrons. The van der Waals surface area contributed by atoms with Crippen molar-refractivity contribution in [3.8, 4) is 5.75 Å². The summed E-state index contributed by atoms with van der Waals surface area (Å²) in [6.45, 7) is 7.03. The summed E-state index contributed by atoms with van der Waals surface area (Å²) in [4.78, 5) is 4.60. The van der Waals surface area contributed by atoms with E-state index in [-0.39, 0.29) is 5.82 Å². The molecular weight excluding hydrogens is 255 g/mol. The Morgan fingerprint density at radius 1 is 1.30 bits per heavy atom. The number of fused-ring (bicyclic) bond motifs is 1. The molecule has 0 saturated carbocycles. The van der Waals surface area contributed by atoms with Crippen molar-refractivity contribution in [1.82, 2.24) is 4.98 Å². The number of rotatable bonds is 5. The molecule has 108 valence electrons. The molecule has 0 amide bonds. The highest BCUT2D eigenvalue weighted by atomic mass is 19.1. The van der Waals surface area contributed by atoms with Gasteiger partial charge in [0.1, 0.15) is 17.1 Å². The maximum Gasteiger partial charge on any atom is 0.148 e. The zero-order valence-electron chi connectivity index (χ0n) is 12.5. The summed E-state index contributed by atoms with van der Waals surface area (Å²) in [5.74, 6) is 0.173. The molecule has 1 heterocycles. The van der Waals surface area contributed by atoms with Crippen LogP contribution in [-0.2, 0) is 6.42 Å². The second-order valence-electron chi connectivity index (χ2n) is 4.84. The first kappa shape index (κ1) is 14.6. The number of hydrogen-bond acceptors (Lipinski definition) is 3. The number of aromatic nitrogens is 1. The number of hydrogen-bond donors (Lipinski definition) is 1. The SMILES string of the molecule is CCCNc1c(CC)c(C)nc2c(OC)cc(F)cc12. The van der Waals surface area contributed by atoms with Crippen LogP contribution < -0.4 is 10.1 Å². The van der Waals surface area contributed by atoms with E-state index in [1.54, 1.807) is 0 Å². The number of pyridine rings is 1. The Morgan fingerprint density at radius 3 is 2.65 bits per heavy atom. The van der Waals surface area contributed by atoms with E-state index in [1.165, 1.54) is 19.2 Å². The van der Waals surface area contributed by atoms with Gasteiger partial charge in [-0.3, -0.25) is 0 Å². The van der Waals surface area contributed by atoms with Crippen LogP contribution >= 0.6 is 0 Å². The lowest BCUT2D eigenvalue weighted by molar-refractivity contribution is 0.415. The molecule has 3 nitrogen and oxygen atoms in total. The molecule has 0 spiro atoms. The van der Waals surface area contributed by atoms with Crippen molar-refractivity contribution >= 4 is 16.6 Å². The van der Waals surface area contributed by atoms with Crippen molar-refractivity contribution in [2.24, 2.45) is 0 Å². The number of ether oxygens (including phenoxy) is 1. The first-order chi connectivity index (χ1) is 9.62. The molecule has 0 aliphatic carbocycles. The third kappa shape index (κ3) is 2.55. The Hall–Kier alpha value is -1.84. The maximum absolute atomic E-state index is 13.8. The van der Waals surface area contributed by atoms with Crippen LogP contribution in [0.5, 0.6) is 5.75 Å². The fourth-order valence-corrected chi connectivity index (χ4v) is 2.50. The van der Waals surface area contributed by atoms with Crippen molar-refractivity contribution < 1.29 is 9.13 Å². The standard InChI is InChI=1S/C16H21FN2O/c1-5-7-18-15-12(6-2)10(3)19-16-13(15)8-11(17)9-14(16)20-4/h8-9H,5-7H2,1-4H3,(H,18,19). The Kier molecular flexibility index (Phi) is 4.42. The van der Waals surface area contributed by atoms with Gasteiger partial charge in [0.05, 0.1) is 7.11 Å². The third-order valence-corrected chi connectivity index (χ3v) is 3.45. The van der Waals surface area contributed by atoms with Crippen molar-refractivity contribution in [2.45, 2.75) is 33.6 Å². The van der Waals surface area contributed by atoms with Crippen molar-refractivity contribution in [3.63, 3.8) is 0 Å². The van der Waals surface area contributed by atoms with E-state index >= 15 is 0 Å². The van der Waals surface area contributed by atoms with Gasteiger partial charge in [-0.25, -0.2) is 9.37 Å². The fraction of sp³-hybridized carbons (Fsp3) is 0.438. The van der Waals surface area contributed by atoms with Crippen LogP contribution in [0.4, 0.5) is 10.1 Å². The molecule has 0 unspecified atom stereocenters. The highest BCUT2D eigenvalue weighted by Crippen LogP contribution is 2.34. The van der Waals surface area contributed by atoms with Crippen LogP contribution in [0.2, 0.25) is 0 Å². The lowest BCUT2D eigenvalue weighted by Gasteiger charge is -2.17. The van der Waals surface area contributed by atoms with E-state index in [1.807, 2.05) is 6.92 Å². The lowest BCUT2D eigenvalue weighted by atomic mass is 10.0. The van der Waals surface area contributed by atoms with E-state index in [4.69, 9.17) is 4.74 Å². The molecule has 2 aromatic rings. The number of aryl methyl sites for hydroxylation is 1. The first-order valence-corrected chi connectivity index (χ1v) is 7.02. The van der Waals surface area contributed by atoms with Gasteiger partial charge in [0.2, 0.25) is 0 Å². The van der Waals surface area contributed by atoms with Crippen LogP contribution in [0.25, 0.3) is 10.9 Å². The van der Waals surface area contributed by atoms with Gasteiger partial charge in [-0.15, -0.1) is 0 Å². The summed E-state index contributed by atoms with van der Waals surface area (Å²) in [6.07, 6.45) is 1.87. The van der Waals surface area contributed by atoms with Gasteiger partial charge in [-0.1, -0.05) is 13.8 Å². The van der Waals surface area contributed by atoms with E-state index in [9.17, 15) is 4.39 Å². The summed E-state index contributed by atoms with van der Waals surface area (Å²) < 4.78 is 19.1. The molecule has 0 atom stereocenters. The minimum atomic E-state index is -0.304. The number of benzene rings is 1. The third-order valence-electron chi connectivity index (χ3n) is 3.45. The molecule has 0 aliphatic heterocycles. The Labute approximate surface area is 119 Å². The summed E-state index contributed by atoms with van der Waals surface area (Å²) >= 11 is 0. The minimum Gasteiger partial charge on any atom is -0.494 e. The van der Waals surface area contributed by atoms with Crippen LogP contribution in [0, 0.1) is 12.7 Å². The van der Waals surface area contributed by atoms with Gasteiger partial charge in [0.15, 0.2) is 0 Å². The maximum atomic E-state index is 13.8. The first-order valence-electron chi connectivity index (χ1n) is 7.02. The van der Waals surface area contributed by atoms with Gasteiger partial charge in [0, 0.05) is 29.4 Å². The predicted octanol–water partition coefficient (Wildman–Crippen LogP) is 4.08. The molecule has 2 rings (SSSR count). The molecule has 1 aromatic heterocycles. The van der Waals surface area contributed by atoms with Gasteiger partial charge in [0.25, 0.3) is 0 Å². The summed E-state index contributed by atoms with van der Waals surface area (Å²) in [5.41, 5.74) is 3.79. The average Bonchev–Trinajstić information content (AvgIpc) is 2.44. The Morgan fingerprint density at radius 2 is 2.05 bits per heavy atom. The van der Waals surface area contributed by atoms with Crippen molar-refractivity contribution in [2.75, 3.05) is 19.0 Å². The van der Waals surface area contributed by atoms with E-state index in [2.05, 4.69) is 24.1 Å². The van der Waals surface area contributed by atoms with Gasteiger partial charge in [-0.05, 0) is 31.4 Å². The highest BCUT2D eigenvalue weighted by molar-refractivity contribution is 5.96. The molecular formula is C16H21FN2O. The monoisotopic (exact) mass is 276 g/mol. The number of methoxy groups -OCH3 is 1. The molecule has 0 aliphatic rings.